The number of carbonyl (C=O) groups is 1. The van der Waals surface area contributed by atoms with Gasteiger partial charge >= 0.3 is 0 Å². The summed E-state index contributed by atoms with van der Waals surface area (Å²) in [5, 5.41) is 0. The largest absolute Gasteiger partial charge is 0.496 e. The van der Waals surface area contributed by atoms with Crippen LogP contribution in [-0.2, 0) is 0 Å². The third kappa shape index (κ3) is 5.71. The van der Waals surface area contributed by atoms with Gasteiger partial charge in [-0.3, -0.25) is 9.79 Å². The molecule has 29 heavy (non-hydrogen) atoms. The zero-order valence-corrected chi connectivity index (χ0v) is 17.6. The number of hydrogen-bond donors (Lipinski definition) is 4. The number of aromatic amines is 1. The van der Waals surface area contributed by atoms with Crippen LogP contribution in [0.25, 0.3) is 0 Å². The van der Waals surface area contributed by atoms with Crippen molar-refractivity contribution < 1.29 is 14.4 Å². The molecule has 0 amide bonds. The number of guanidine groups is 1. The molecule has 0 fully saturated rings. The van der Waals surface area contributed by atoms with E-state index in [1.807, 2.05) is 33.8 Å². The minimum absolute atomic E-state index is 0.152. The van der Waals surface area contributed by atoms with Crippen LogP contribution in [0.15, 0.2) is 17.3 Å². The van der Waals surface area contributed by atoms with E-state index < -0.39 is 6.04 Å². The van der Waals surface area contributed by atoms with Crippen molar-refractivity contribution in [1.82, 2.24) is 15.4 Å². The molecule has 0 bridgehead atoms. The SMILES string of the molecule is COc1cc(C)c(ONC(N)=NCCC[C@H](N)C(=O)c2ncc(C)[nH]2)c(C)c1C. The van der Waals surface area contributed by atoms with Crippen molar-refractivity contribution in [2.45, 2.75) is 46.6 Å². The maximum Gasteiger partial charge on any atom is 0.222 e. The first-order chi connectivity index (χ1) is 13.7. The van der Waals surface area contributed by atoms with E-state index in [0.29, 0.717) is 25.1 Å². The number of nitrogens with zero attached hydrogens (tertiary/aromatic N) is 2. The number of aromatic nitrogens is 2. The lowest BCUT2D eigenvalue weighted by Crippen LogP contribution is -2.35. The topological polar surface area (TPSA) is 141 Å². The molecule has 1 heterocycles. The number of hydrogen-bond acceptors (Lipinski definition) is 6. The molecule has 2 aromatic rings. The molecule has 158 valence electrons. The highest BCUT2D eigenvalue weighted by molar-refractivity contribution is 5.96. The highest BCUT2D eigenvalue weighted by atomic mass is 16.6. The summed E-state index contributed by atoms with van der Waals surface area (Å²) in [5.74, 6) is 1.72. The second-order valence-corrected chi connectivity index (χ2v) is 6.97. The molecule has 1 atom stereocenters. The number of hydroxylamine groups is 1. The maximum absolute atomic E-state index is 12.2. The molecule has 0 aliphatic carbocycles. The number of ketones is 1. The van der Waals surface area contributed by atoms with Crippen LogP contribution < -0.4 is 26.5 Å². The first kappa shape index (κ1) is 22.2. The van der Waals surface area contributed by atoms with E-state index in [4.69, 9.17) is 21.0 Å². The molecule has 0 aliphatic rings. The molecule has 1 aromatic carbocycles. The number of H-pyrrole nitrogens is 1. The van der Waals surface area contributed by atoms with E-state index in [1.165, 1.54) is 0 Å². The predicted octanol–water partition coefficient (Wildman–Crippen LogP) is 1.84. The summed E-state index contributed by atoms with van der Waals surface area (Å²) in [6, 6.07) is 1.28. The Morgan fingerprint density at radius 1 is 1.31 bits per heavy atom. The minimum atomic E-state index is -0.631. The first-order valence-corrected chi connectivity index (χ1v) is 9.43. The number of aliphatic imine (C=N–C) groups is 1. The summed E-state index contributed by atoms with van der Waals surface area (Å²) in [4.78, 5) is 28.9. The van der Waals surface area contributed by atoms with Gasteiger partial charge in [0.25, 0.3) is 0 Å². The van der Waals surface area contributed by atoms with Gasteiger partial charge in [0, 0.05) is 24.0 Å². The van der Waals surface area contributed by atoms with Crippen LogP contribution in [-0.4, -0.2) is 41.4 Å². The van der Waals surface area contributed by atoms with Gasteiger partial charge in [0.15, 0.2) is 11.6 Å². The lowest BCUT2D eigenvalue weighted by Gasteiger charge is -2.16. The van der Waals surface area contributed by atoms with Crippen molar-refractivity contribution in [2.24, 2.45) is 16.5 Å². The standard InChI is InChI=1S/C20H30N6O3/c1-11-9-16(28-5)13(3)14(4)18(11)29-26-20(22)23-8-6-7-15(21)17(27)19-24-10-12(2)25-19/h9-10,15H,6-8,21H2,1-5H3,(H,24,25)(H3,22,23,26)/t15-/m0/s1. The zero-order chi connectivity index (χ0) is 21.6. The van der Waals surface area contributed by atoms with E-state index in [-0.39, 0.29) is 17.6 Å². The molecule has 0 aliphatic heterocycles. The Morgan fingerprint density at radius 2 is 2.03 bits per heavy atom. The van der Waals surface area contributed by atoms with Gasteiger partial charge in [-0.15, -0.1) is 0 Å². The Kier molecular flexibility index (Phi) is 7.60. The summed E-state index contributed by atoms with van der Waals surface area (Å²) >= 11 is 0. The molecule has 0 spiro atoms. The number of carbonyl (C=O) groups excluding carboxylic acids is 1. The van der Waals surface area contributed by atoms with Crippen molar-refractivity contribution in [1.29, 1.82) is 0 Å². The monoisotopic (exact) mass is 402 g/mol. The smallest absolute Gasteiger partial charge is 0.222 e. The van der Waals surface area contributed by atoms with E-state index in [2.05, 4.69) is 20.4 Å². The molecule has 0 saturated carbocycles. The normalized spacial score (nSPS) is 12.6. The van der Waals surface area contributed by atoms with Crippen LogP contribution in [0.5, 0.6) is 11.5 Å². The van der Waals surface area contributed by atoms with Crippen LogP contribution in [0.1, 0.15) is 45.8 Å². The van der Waals surface area contributed by atoms with Gasteiger partial charge in [-0.25, -0.2) is 4.98 Å². The number of benzene rings is 1. The van der Waals surface area contributed by atoms with Gasteiger partial charge in [0.2, 0.25) is 11.7 Å². The number of imidazole rings is 1. The van der Waals surface area contributed by atoms with Gasteiger partial charge in [-0.1, -0.05) is 0 Å². The van der Waals surface area contributed by atoms with Crippen LogP contribution >= 0.6 is 0 Å². The van der Waals surface area contributed by atoms with Crippen LogP contribution in [0, 0.1) is 27.7 Å². The molecule has 1 aromatic heterocycles. The lowest BCUT2D eigenvalue weighted by molar-refractivity contribution is 0.0947. The van der Waals surface area contributed by atoms with Crippen molar-refractivity contribution >= 4 is 11.7 Å². The molecule has 0 unspecified atom stereocenters. The summed E-state index contributed by atoms with van der Waals surface area (Å²) in [6.07, 6.45) is 2.69. The summed E-state index contributed by atoms with van der Waals surface area (Å²) in [6.45, 7) is 8.09. The van der Waals surface area contributed by atoms with Gasteiger partial charge in [0.05, 0.1) is 13.2 Å². The Hall–Kier alpha value is -3.07. The molecule has 2 rings (SSSR count). The van der Waals surface area contributed by atoms with Gasteiger partial charge < -0.3 is 26.0 Å². The number of ether oxygens (including phenoxy) is 1. The highest BCUT2D eigenvalue weighted by Crippen LogP contribution is 2.32. The van der Waals surface area contributed by atoms with Crippen molar-refractivity contribution in [2.75, 3.05) is 13.7 Å². The maximum atomic E-state index is 12.2. The fourth-order valence-electron chi connectivity index (χ4n) is 2.88. The number of methoxy groups -OCH3 is 1. The molecule has 0 saturated heterocycles. The van der Waals surface area contributed by atoms with Gasteiger partial charge in [-0.2, -0.15) is 5.48 Å². The predicted molar refractivity (Wildman–Crippen MR) is 112 cm³/mol. The van der Waals surface area contributed by atoms with Crippen LogP contribution in [0.3, 0.4) is 0 Å². The fraction of sp³-hybridized carbons (Fsp3) is 0.450. The third-order valence-electron chi connectivity index (χ3n) is 4.68. The Morgan fingerprint density at radius 3 is 2.66 bits per heavy atom. The third-order valence-corrected chi connectivity index (χ3v) is 4.68. The fourth-order valence-corrected chi connectivity index (χ4v) is 2.88. The van der Waals surface area contributed by atoms with Crippen LogP contribution in [0.4, 0.5) is 0 Å². The number of nitrogens with one attached hydrogen (secondary N) is 2. The van der Waals surface area contributed by atoms with Gasteiger partial charge in [-0.05, 0) is 57.7 Å². The average Bonchev–Trinajstić information content (AvgIpc) is 3.13. The van der Waals surface area contributed by atoms with Crippen molar-refractivity contribution in [3.63, 3.8) is 0 Å². The van der Waals surface area contributed by atoms with E-state index in [1.54, 1.807) is 13.3 Å². The molecular formula is C20H30N6O3. The van der Waals surface area contributed by atoms with Gasteiger partial charge in [0.1, 0.15) is 5.75 Å². The summed E-state index contributed by atoms with van der Waals surface area (Å²) < 4.78 is 5.35. The molecule has 6 N–H and O–H groups in total. The molecule has 9 nitrogen and oxygen atoms in total. The summed E-state index contributed by atoms with van der Waals surface area (Å²) in [5.41, 5.74) is 18.2. The number of aryl methyl sites for hydroxylation is 2. The Balaban J connectivity index is 1.82. The second kappa shape index (κ2) is 9.92. The average molecular weight is 402 g/mol. The molecule has 9 heteroatoms. The summed E-state index contributed by atoms with van der Waals surface area (Å²) in [7, 11) is 1.64. The quantitative estimate of drug-likeness (QED) is 0.165. The highest BCUT2D eigenvalue weighted by Gasteiger charge is 2.18. The minimum Gasteiger partial charge on any atom is -0.496 e. The molecule has 0 radical (unpaired) electrons. The van der Waals surface area contributed by atoms with E-state index in [9.17, 15) is 4.79 Å². The number of nitrogens with two attached hydrogens (primary N) is 2. The van der Waals surface area contributed by atoms with Crippen LogP contribution in [0.2, 0.25) is 0 Å². The molecular weight excluding hydrogens is 372 g/mol. The zero-order valence-electron chi connectivity index (χ0n) is 17.6. The second-order valence-electron chi connectivity index (χ2n) is 6.97. The number of Topliss-reactive ketones (excluding diaryl/α,β-unsaturated/α-hetero) is 1. The van der Waals surface area contributed by atoms with Crippen molar-refractivity contribution in [3.05, 3.63) is 40.5 Å². The Labute approximate surface area is 170 Å². The van der Waals surface area contributed by atoms with Crippen molar-refractivity contribution in [3.8, 4) is 11.5 Å². The van der Waals surface area contributed by atoms with E-state index in [0.717, 1.165) is 28.1 Å². The van der Waals surface area contributed by atoms with E-state index >= 15 is 0 Å². The lowest BCUT2D eigenvalue weighted by atomic mass is 10.0. The first-order valence-electron chi connectivity index (χ1n) is 9.43. The Bertz CT molecular complexity index is 891. The number of rotatable bonds is 9.